The van der Waals surface area contributed by atoms with Crippen molar-refractivity contribution in [2.45, 2.75) is 57.9 Å². The Bertz CT molecular complexity index is 340. The minimum absolute atomic E-state index is 0.104. The Morgan fingerprint density at radius 2 is 1.84 bits per heavy atom. The van der Waals surface area contributed by atoms with Crippen LogP contribution in [0.15, 0.2) is 0 Å². The van der Waals surface area contributed by atoms with Crippen molar-refractivity contribution in [3.8, 4) is 0 Å². The fraction of sp³-hybridized carbons (Fsp3) is 0.909. The lowest BCUT2D eigenvalue weighted by molar-refractivity contribution is -0.562. The molecule has 19 heavy (non-hydrogen) atoms. The van der Waals surface area contributed by atoms with Crippen LogP contribution in [0, 0.1) is 10.1 Å². The molecule has 0 aromatic rings. The summed E-state index contributed by atoms with van der Waals surface area (Å²) >= 11 is -1.61. The predicted octanol–water partition coefficient (Wildman–Crippen LogP) is 1.03. The molecule has 0 spiro atoms. The van der Waals surface area contributed by atoms with Gasteiger partial charge < -0.3 is 9.29 Å². The molecule has 0 rings (SSSR count). The smallest absolute Gasteiger partial charge is 0.335 e. The van der Waals surface area contributed by atoms with E-state index in [-0.39, 0.29) is 6.61 Å². The van der Waals surface area contributed by atoms with Crippen LogP contribution in [0.4, 0.5) is 0 Å². The first-order chi connectivity index (χ1) is 8.44. The summed E-state index contributed by atoms with van der Waals surface area (Å²) in [6.07, 6.45) is 0. The molecule has 1 unspecified atom stereocenters. The van der Waals surface area contributed by atoms with Crippen LogP contribution in [0.5, 0.6) is 0 Å². The molecule has 7 nitrogen and oxygen atoms in total. The van der Waals surface area contributed by atoms with Crippen LogP contribution in [0.25, 0.3) is 0 Å². The number of nitrogens with zero attached hydrogens (tertiary/aromatic N) is 1. The van der Waals surface area contributed by atoms with Crippen molar-refractivity contribution in [2.75, 3.05) is 6.61 Å². The SMILES string of the molecule is CCOC(=O)[C@@H](N[S+]([O-])C(C)(C)C)C(C)(C)[N+](=O)[O-]. The second-order valence-electron chi connectivity index (χ2n) is 5.59. The van der Waals surface area contributed by atoms with E-state index in [2.05, 4.69) is 4.72 Å². The third-order valence-corrected chi connectivity index (χ3v) is 4.04. The number of rotatable bonds is 6. The zero-order valence-electron chi connectivity index (χ0n) is 12.2. The van der Waals surface area contributed by atoms with Gasteiger partial charge in [0.1, 0.15) is 4.75 Å². The molecule has 0 aromatic carbocycles. The molecule has 8 heteroatoms. The minimum Gasteiger partial charge on any atom is -0.598 e. The number of esters is 1. The largest absolute Gasteiger partial charge is 0.598 e. The van der Waals surface area contributed by atoms with Gasteiger partial charge in [-0.1, -0.05) is 0 Å². The molecule has 0 aromatic heterocycles. The molecule has 1 N–H and O–H groups in total. The number of nitro groups is 1. The maximum Gasteiger partial charge on any atom is 0.335 e. The van der Waals surface area contributed by atoms with Crippen LogP contribution in [-0.4, -0.2) is 38.4 Å². The molecule has 0 heterocycles. The Kier molecular flexibility index (Phi) is 6.24. The van der Waals surface area contributed by atoms with Gasteiger partial charge in [-0.15, -0.1) is 4.72 Å². The van der Waals surface area contributed by atoms with Crippen molar-refractivity contribution in [1.29, 1.82) is 0 Å². The summed E-state index contributed by atoms with van der Waals surface area (Å²) in [5.74, 6) is -0.776. The molecule has 0 fully saturated rings. The molecule has 0 aliphatic rings. The van der Waals surface area contributed by atoms with Crippen molar-refractivity contribution >= 4 is 17.3 Å². The molecule has 0 radical (unpaired) electrons. The lowest BCUT2D eigenvalue weighted by Gasteiger charge is -2.30. The van der Waals surface area contributed by atoms with E-state index in [0.29, 0.717) is 0 Å². The minimum atomic E-state index is -1.62. The molecule has 0 saturated carbocycles. The van der Waals surface area contributed by atoms with E-state index >= 15 is 0 Å². The van der Waals surface area contributed by atoms with E-state index in [1.54, 1.807) is 27.7 Å². The van der Waals surface area contributed by atoms with Gasteiger partial charge in [-0.05, 0) is 27.7 Å². The maximum absolute atomic E-state index is 12.0. The fourth-order valence-electron chi connectivity index (χ4n) is 1.10. The van der Waals surface area contributed by atoms with Gasteiger partial charge in [0, 0.05) is 30.1 Å². The monoisotopic (exact) mass is 294 g/mol. The van der Waals surface area contributed by atoms with E-state index < -0.39 is 38.6 Å². The average Bonchev–Trinajstić information content (AvgIpc) is 2.23. The van der Waals surface area contributed by atoms with Gasteiger partial charge in [-0.3, -0.25) is 10.1 Å². The van der Waals surface area contributed by atoms with E-state index in [1.165, 1.54) is 13.8 Å². The zero-order valence-corrected chi connectivity index (χ0v) is 13.0. The Morgan fingerprint density at radius 3 is 2.16 bits per heavy atom. The van der Waals surface area contributed by atoms with E-state index in [1.807, 2.05) is 0 Å². The topological polar surface area (TPSA) is 105 Å². The highest BCUT2D eigenvalue weighted by Crippen LogP contribution is 2.20. The van der Waals surface area contributed by atoms with E-state index in [4.69, 9.17) is 4.74 Å². The van der Waals surface area contributed by atoms with Crippen LogP contribution in [0.3, 0.4) is 0 Å². The van der Waals surface area contributed by atoms with Gasteiger partial charge in [0.05, 0.1) is 6.61 Å². The zero-order chi connectivity index (χ0) is 15.4. The van der Waals surface area contributed by atoms with Crippen LogP contribution in [0.1, 0.15) is 41.5 Å². The summed E-state index contributed by atoms with van der Waals surface area (Å²) in [5.41, 5.74) is -1.62. The van der Waals surface area contributed by atoms with Crippen LogP contribution in [-0.2, 0) is 20.9 Å². The van der Waals surface area contributed by atoms with Gasteiger partial charge in [0.2, 0.25) is 11.6 Å². The van der Waals surface area contributed by atoms with Crippen LogP contribution in [0.2, 0.25) is 0 Å². The summed E-state index contributed by atoms with van der Waals surface area (Å²) < 4.78 is 18.7. The summed E-state index contributed by atoms with van der Waals surface area (Å²) in [4.78, 5) is 22.3. The van der Waals surface area contributed by atoms with Crippen molar-refractivity contribution in [3.05, 3.63) is 10.1 Å². The molecular weight excluding hydrogens is 272 g/mol. The molecule has 2 atom stereocenters. The Morgan fingerprint density at radius 1 is 1.37 bits per heavy atom. The fourth-order valence-corrected chi connectivity index (χ4v) is 2.05. The van der Waals surface area contributed by atoms with E-state index in [0.717, 1.165) is 0 Å². The lowest BCUT2D eigenvalue weighted by atomic mass is 9.96. The van der Waals surface area contributed by atoms with Crippen LogP contribution >= 0.6 is 0 Å². The first-order valence-corrected chi connectivity index (χ1v) is 7.08. The first-order valence-electron chi connectivity index (χ1n) is 5.93. The predicted molar refractivity (Wildman–Crippen MR) is 72.5 cm³/mol. The van der Waals surface area contributed by atoms with Gasteiger partial charge in [-0.25, -0.2) is 4.79 Å². The summed E-state index contributed by atoms with van der Waals surface area (Å²) in [7, 11) is 0. The normalized spacial score (nSPS) is 15.7. The Hall–Kier alpha value is -0.860. The average molecular weight is 294 g/mol. The number of nitrogens with one attached hydrogen (secondary N) is 1. The van der Waals surface area contributed by atoms with Gasteiger partial charge in [-0.2, -0.15) is 0 Å². The molecule has 0 aliphatic carbocycles. The molecule has 0 aliphatic heterocycles. The summed E-state index contributed by atoms with van der Waals surface area (Å²) in [6.45, 7) is 9.41. The number of hydrogen-bond donors (Lipinski definition) is 1. The Balaban J connectivity index is 5.20. The van der Waals surface area contributed by atoms with E-state index in [9.17, 15) is 19.5 Å². The molecule has 112 valence electrons. The van der Waals surface area contributed by atoms with Crippen LogP contribution < -0.4 is 4.72 Å². The summed E-state index contributed by atoms with van der Waals surface area (Å²) in [5, 5.41) is 11.1. The van der Waals surface area contributed by atoms with Crippen molar-refractivity contribution in [3.63, 3.8) is 0 Å². The lowest BCUT2D eigenvalue weighted by Crippen LogP contribution is -2.60. The second-order valence-corrected chi connectivity index (χ2v) is 7.59. The highest BCUT2D eigenvalue weighted by molar-refractivity contribution is 7.90. The van der Waals surface area contributed by atoms with Gasteiger partial charge in [0.25, 0.3) is 0 Å². The van der Waals surface area contributed by atoms with Gasteiger partial charge >= 0.3 is 5.97 Å². The maximum atomic E-state index is 12.0. The summed E-state index contributed by atoms with van der Waals surface area (Å²) in [6, 6.07) is -1.28. The van der Waals surface area contributed by atoms with Gasteiger partial charge in [0.15, 0.2) is 0 Å². The molecule has 0 bridgehead atoms. The third kappa shape index (κ3) is 4.96. The van der Waals surface area contributed by atoms with Crippen molar-refractivity contribution < 1.29 is 19.0 Å². The van der Waals surface area contributed by atoms with Crippen molar-refractivity contribution in [2.24, 2.45) is 0 Å². The number of carbonyl (C=O) groups is 1. The highest BCUT2D eigenvalue weighted by atomic mass is 32.2. The number of hydrogen-bond acceptors (Lipinski definition) is 6. The standard InChI is InChI=1S/C11H22N2O5S/c1-7-18-9(14)8(11(5,6)13(15)16)12-19(17)10(2,3)4/h8,12H,7H2,1-6H3/t8-,19?/m1/s1. The third-order valence-electron chi connectivity index (χ3n) is 2.48. The quantitative estimate of drug-likeness (QED) is 0.339. The highest BCUT2D eigenvalue weighted by Gasteiger charge is 2.50. The first kappa shape index (κ1) is 18.1. The molecule has 0 saturated heterocycles. The second kappa shape index (κ2) is 6.53. The number of ether oxygens (including phenoxy) is 1. The molecular formula is C11H22N2O5S. The van der Waals surface area contributed by atoms with Crippen molar-refractivity contribution in [1.82, 2.24) is 4.72 Å². The Labute approximate surface area is 116 Å². The number of carbonyl (C=O) groups excluding carboxylic acids is 1. The molecule has 0 amide bonds.